The van der Waals surface area contributed by atoms with E-state index in [0.717, 1.165) is 26.9 Å². The molecule has 20 heavy (non-hydrogen) atoms. The predicted molar refractivity (Wildman–Crippen MR) is 81.9 cm³/mol. The Morgan fingerprint density at radius 1 is 1.05 bits per heavy atom. The van der Waals surface area contributed by atoms with Crippen LogP contribution in [0.5, 0.6) is 11.5 Å². The molecule has 0 saturated carbocycles. The first-order valence-corrected chi connectivity index (χ1v) is 6.82. The van der Waals surface area contributed by atoms with Gasteiger partial charge in [-0.15, -0.1) is 0 Å². The first kappa shape index (κ1) is 14.3. The van der Waals surface area contributed by atoms with Gasteiger partial charge in [-0.25, -0.2) is 0 Å². The fourth-order valence-corrected chi connectivity index (χ4v) is 2.79. The zero-order valence-corrected chi connectivity index (χ0v) is 12.2. The van der Waals surface area contributed by atoms with E-state index in [1.165, 1.54) is 0 Å². The molecule has 2 aromatic rings. The molecule has 2 N–H and O–H groups in total. The van der Waals surface area contributed by atoms with Gasteiger partial charge in [0.15, 0.2) is 0 Å². The largest absolute Gasteiger partial charge is 0.497 e. The molecular weight excluding hydrogens is 272 g/mol. The average Bonchev–Trinajstić information content (AvgIpc) is 2.49. The third-order valence-electron chi connectivity index (χ3n) is 2.72. The summed E-state index contributed by atoms with van der Waals surface area (Å²) in [7, 11) is 3.30. The van der Waals surface area contributed by atoms with Crippen LogP contribution in [0.2, 0.25) is 0 Å². The molecule has 104 valence electrons. The van der Waals surface area contributed by atoms with Gasteiger partial charge in [0.2, 0.25) is 0 Å². The van der Waals surface area contributed by atoms with Crippen molar-refractivity contribution in [3.63, 3.8) is 0 Å². The van der Waals surface area contributed by atoms with Gasteiger partial charge < -0.3 is 15.3 Å². The molecule has 0 fully saturated rings. The van der Waals surface area contributed by atoms with E-state index in [2.05, 4.69) is 5.10 Å². The van der Waals surface area contributed by atoms with Gasteiger partial charge in [-0.05, 0) is 24.3 Å². The summed E-state index contributed by atoms with van der Waals surface area (Å²) in [6.07, 6.45) is 1.63. The maximum absolute atomic E-state index is 5.38. The van der Waals surface area contributed by atoms with Crippen LogP contribution in [0, 0.1) is 0 Å². The first-order chi connectivity index (χ1) is 9.78. The van der Waals surface area contributed by atoms with Crippen LogP contribution in [-0.2, 0) is 0 Å². The number of ether oxygens (including phenoxy) is 2. The number of hydrazone groups is 1. The number of rotatable bonds is 5. The van der Waals surface area contributed by atoms with Crippen LogP contribution in [0.4, 0.5) is 0 Å². The van der Waals surface area contributed by atoms with Gasteiger partial charge in [0.05, 0.1) is 25.3 Å². The molecule has 0 aliphatic rings. The Labute approximate surface area is 122 Å². The number of hydrogen-bond acceptors (Lipinski definition) is 5. The van der Waals surface area contributed by atoms with Crippen molar-refractivity contribution in [2.75, 3.05) is 14.2 Å². The summed E-state index contributed by atoms with van der Waals surface area (Å²) in [5.41, 5.74) is 0.963. The molecule has 0 radical (unpaired) electrons. The number of benzene rings is 2. The number of nitrogens with zero attached hydrogens (tertiary/aromatic N) is 1. The standard InChI is InChI=1S/C15H16N2O2S/c1-18-12-7-8-13(19-2)15(9-12)20-14-6-4-3-5-11(14)10-17-16/h3-10H,16H2,1-2H3. The molecule has 0 bridgehead atoms. The van der Waals surface area contributed by atoms with E-state index in [1.54, 1.807) is 32.2 Å². The lowest BCUT2D eigenvalue weighted by Gasteiger charge is -2.11. The summed E-state index contributed by atoms with van der Waals surface area (Å²) in [5, 5.41) is 3.59. The summed E-state index contributed by atoms with van der Waals surface area (Å²) in [4.78, 5) is 2.03. The summed E-state index contributed by atoms with van der Waals surface area (Å²) in [6.45, 7) is 0. The van der Waals surface area contributed by atoms with Gasteiger partial charge in [0, 0.05) is 10.5 Å². The summed E-state index contributed by atoms with van der Waals surface area (Å²) in [5.74, 6) is 6.83. The Hall–Kier alpha value is -2.14. The minimum Gasteiger partial charge on any atom is -0.497 e. The topological polar surface area (TPSA) is 56.8 Å². The quantitative estimate of drug-likeness (QED) is 0.521. The second kappa shape index (κ2) is 6.86. The molecule has 0 heterocycles. The highest BCUT2D eigenvalue weighted by atomic mass is 32.2. The van der Waals surface area contributed by atoms with Crippen LogP contribution in [0.15, 0.2) is 57.4 Å². The lowest BCUT2D eigenvalue weighted by Crippen LogP contribution is -1.91. The van der Waals surface area contributed by atoms with Gasteiger partial charge in [0.1, 0.15) is 11.5 Å². The fraction of sp³-hybridized carbons (Fsp3) is 0.133. The van der Waals surface area contributed by atoms with Crippen molar-refractivity contribution < 1.29 is 9.47 Å². The number of nitrogens with two attached hydrogens (primary N) is 1. The van der Waals surface area contributed by atoms with Crippen LogP contribution < -0.4 is 15.3 Å². The SMILES string of the molecule is COc1ccc(OC)c(Sc2ccccc2C=NN)c1. The zero-order chi connectivity index (χ0) is 14.4. The van der Waals surface area contributed by atoms with E-state index in [4.69, 9.17) is 15.3 Å². The molecule has 4 nitrogen and oxygen atoms in total. The molecule has 0 spiro atoms. The Morgan fingerprint density at radius 2 is 1.85 bits per heavy atom. The van der Waals surface area contributed by atoms with E-state index in [-0.39, 0.29) is 0 Å². The minimum atomic E-state index is 0.790. The molecule has 0 aliphatic heterocycles. The molecule has 0 saturated heterocycles. The van der Waals surface area contributed by atoms with Crippen LogP contribution in [0.25, 0.3) is 0 Å². The normalized spacial score (nSPS) is 10.7. The van der Waals surface area contributed by atoms with Crippen molar-refractivity contribution in [3.05, 3.63) is 48.0 Å². The van der Waals surface area contributed by atoms with E-state index in [9.17, 15) is 0 Å². The monoisotopic (exact) mass is 288 g/mol. The third-order valence-corrected chi connectivity index (χ3v) is 3.85. The molecule has 0 unspecified atom stereocenters. The minimum absolute atomic E-state index is 0.790. The molecule has 2 aromatic carbocycles. The third kappa shape index (κ3) is 3.24. The number of methoxy groups -OCH3 is 2. The van der Waals surface area contributed by atoms with Crippen molar-refractivity contribution in [3.8, 4) is 11.5 Å². The molecule has 0 aliphatic carbocycles. The predicted octanol–water partition coefficient (Wildman–Crippen LogP) is 3.15. The van der Waals surface area contributed by atoms with Gasteiger partial charge in [-0.2, -0.15) is 5.10 Å². The van der Waals surface area contributed by atoms with E-state index in [1.807, 2.05) is 42.5 Å². The van der Waals surface area contributed by atoms with Gasteiger partial charge >= 0.3 is 0 Å². The van der Waals surface area contributed by atoms with Crippen molar-refractivity contribution in [2.24, 2.45) is 10.9 Å². The van der Waals surface area contributed by atoms with Crippen molar-refractivity contribution in [2.45, 2.75) is 9.79 Å². The lowest BCUT2D eigenvalue weighted by atomic mass is 10.2. The van der Waals surface area contributed by atoms with Crippen LogP contribution in [0.3, 0.4) is 0 Å². The summed E-state index contributed by atoms with van der Waals surface area (Å²) >= 11 is 1.58. The molecule has 0 aromatic heterocycles. The van der Waals surface area contributed by atoms with Crippen molar-refractivity contribution >= 4 is 18.0 Å². The number of hydrogen-bond donors (Lipinski definition) is 1. The zero-order valence-electron chi connectivity index (χ0n) is 11.4. The second-order valence-electron chi connectivity index (χ2n) is 3.93. The molecule has 0 atom stereocenters. The Morgan fingerprint density at radius 3 is 2.55 bits per heavy atom. The lowest BCUT2D eigenvalue weighted by molar-refractivity contribution is 0.394. The molecular formula is C15H16N2O2S. The molecule has 5 heteroatoms. The van der Waals surface area contributed by atoms with Gasteiger partial charge in [0.25, 0.3) is 0 Å². The highest BCUT2D eigenvalue weighted by molar-refractivity contribution is 7.99. The van der Waals surface area contributed by atoms with Gasteiger partial charge in [-0.1, -0.05) is 30.0 Å². The Kier molecular flexibility index (Phi) is 4.90. The highest BCUT2D eigenvalue weighted by Crippen LogP contribution is 2.38. The first-order valence-electron chi connectivity index (χ1n) is 6.00. The highest BCUT2D eigenvalue weighted by Gasteiger charge is 2.09. The Balaban J connectivity index is 2.38. The van der Waals surface area contributed by atoms with E-state index < -0.39 is 0 Å². The maximum Gasteiger partial charge on any atom is 0.133 e. The summed E-state index contributed by atoms with van der Waals surface area (Å²) in [6, 6.07) is 13.6. The maximum atomic E-state index is 5.38. The van der Waals surface area contributed by atoms with Crippen LogP contribution in [-0.4, -0.2) is 20.4 Å². The van der Waals surface area contributed by atoms with Crippen molar-refractivity contribution in [1.82, 2.24) is 0 Å². The second-order valence-corrected chi connectivity index (χ2v) is 5.02. The van der Waals surface area contributed by atoms with Crippen LogP contribution >= 0.6 is 11.8 Å². The molecule has 2 rings (SSSR count). The van der Waals surface area contributed by atoms with Gasteiger partial charge in [-0.3, -0.25) is 0 Å². The Bertz CT molecular complexity index is 615. The van der Waals surface area contributed by atoms with Crippen LogP contribution in [0.1, 0.15) is 5.56 Å². The molecule has 0 amide bonds. The van der Waals surface area contributed by atoms with E-state index >= 15 is 0 Å². The average molecular weight is 288 g/mol. The van der Waals surface area contributed by atoms with E-state index in [0.29, 0.717) is 0 Å². The smallest absolute Gasteiger partial charge is 0.133 e. The summed E-state index contributed by atoms with van der Waals surface area (Å²) < 4.78 is 10.6. The fourth-order valence-electron chi connectivity index (χ4n) is 1.74. The van der Waals surface area contributed by atoms with Crippen molar-refractivity contribution in [1.29, 1.82) is 0 Å².